The second kappa shape index (κ2) is 9.27. The van der Waals surface area contributed by atoms with Crippen molar-refractivity contribution in [1.82, 2.24) is 10.6 Å². The molecule has 2 aromatic rings. The number of guanidine groups is 1. The molecule has 0 saturated carbocycles. The van der Waals surface area contributed by atoms with Gasteiger partial charge < -0.3 is 15.1 Å². The summed E-state index contributed by atoms with van der Waals surface area (Å²) in [6.07, 6.45) is 0. The third kappa shape index (κ3) is 5.80. The van der Waals surface area contributed by atoms with Crippen LogP contribution >= 0.6 is 39.9 Å². The molecule has 0 spiro atoms. The Hall–Kier alpha value is -1.09. The molecule has 126 valence electrons. The van der Waals surface area contributed by atoms with Crippen LogP contribution in [0.1, 0.15) is 30.0 Å². The van der Waals surface area contributed by atoms with E-state index in [9.17, 15) is 4.39 Å². The standard InChI is InChI=1S/C16H19BrFN3O.HI/c1-10-4-7-15(22-10)11(2)21-16(19-3)20-9-12-5-6-13(17)14(18)8-12;/h4-8,11H,9H2,1-3H3,(H2,19,20,21);1H. The van der Waals surface area contributed by atoms with Crippen LogP contribution in [0.15, 0.2) is 44.2 Å². The first-order chi connectivity index (χ1) is 10.5. The number of nitrogens with zero attached hydrogens (tertiary/aromatic N) is 1. The van der Waals surface area contributed by atoms with Gasteiger partial charge in [-0.2, -0.15) is 0 Å². The molecule has 1 heterocycles. The van der Waals surface area contributed by atoms with Crippen molar-refractivity contribution >= 4 is 45.9 Å². The summed E-state index contributed by atoms with van der Waals surface area (Å²) in [4.78, 5) is 4.17. The van der Waals surface area contributed by atoms with Crippen molar-refractivity contribution in [3.63, 3.8) is 0 Å². The molecule has 0 aliphatic carbocycles. The van der Waals surface area contributed by atoms with E-state index in [1.807, 2.05) is 32.0 Å². The molecule has 0 aliphatic rings. The van der Waals surface area contributed by atoms with E-state index in [0.29, 0.717) is 17.0 Å². The van der Waals surface area contributed by atoms with Crippen molar-refractivity contribution in [3.05, 3.63) is 57.7 Å². The molecule has 23 heavy (non-hydrogen) atoms. The van der Waals surface area contributed by atoms with Gasteiger partial charge in [0.15, 0.2) is 5.96 Å². The highest BCUT2D eigenvalue weighted by atomic mass is 127. The van der Waals surface area contributed by atoms with E-state index in [1.54, 1.807) is 13.1 Å². The number of benzene rings is 1. The fraction of sp³-hybridized carbons (Fsp3) is 0.312. The summed E-state index contributed by atoms with van der Waals surface area (Å²) in [7, 11) is 1.69. The van der Waals surface area contributed by atoms with Gasteiger partial charge in [0.05, 0.1) is 10.5 Å². The fourth-order valence-corrected chi connectivity index (χ4v) is 2.24. The quantitative estimate of drug-likeness (QED) is 0.372. The maximum absolute atomic E-state index is 13.5. The van der Waals surface area contributed by atoms with E-state index in [-0.39, 0.29) is 35.8 Å². The average Bonchev–Trinajstić information content (AvgIpc) is 2.93. The first kappa shape index (κ1) is 20.0. The Morgan fingerprint density at radius 1 is 1.35 bits per heavy atom. The minimum Gasteiger partial charge on any atom is -0.464 e. The zero-order valence-electron chi connectivity index (χ0n) is 13.2. The summed E-state index contributed by atoms with van der Waals surface area (Å²) >= 11 is 3.14. The van der Waals surface area contributed by atoms with Crippen molar-refractivity contribution in [2.45, 2.75) is 26.4 Å². The average molecular weight is 496 g/mol. The molecule has 0 aliphatic heterocycles. The van der Waals surface area contributed by atoms with Gasteiger partial charge >= 0.3 is 0 Å². The number of rotatable bonds is 4. The maximum atomic E-state index is 13.5. The third-order valence-corrected chi connectivity index (χ3v) is 3.85. The molecule has 0 bridgehead atoms. The van der Waals surface area contributed by atoms with Crippen LogP contribution in [0.4, 0.5) is 4.39 Å². The summed E-state index contributed by atoms with van der Waals surface area (Å²) in [5.41, 5.74) is 0.838. The largest absolute Gasteiger partial charge is 0.464 e. The minimum atomic E-state index is -0.276. The normalized spacial score (nSPS) is 12.5. The molecule has 1 aromatic heterocycles. The first-order valence-corrected chi connectivity index (χ1v) is 7.76. The zero-order valence-corrected chi connectivity index (χ0v) is 17.1. The third-order valence-electron chi connectivity index (χ3n) is 3.21. The number of hydrogen-bond donors (Lipinski definition) is 2. The molecule has 0 saturated heterocycles. The number of aryl methyl sites for hydroxylation is 1. The second-order valence-electron chi connectivity index (χ2n) is 4.99. The lowest BCUT2D eigenvalue weighted by Crippen LogP contribution is -2.38. The van der Waals surface area contributed by atoms with Gasteiger partial charge in [-0.25, -0.2) is 4.39 Å². The van der Waals surface area contributed by atoms with Crippen molar-refractivity contribution in [3.8, 4) is 0 Å². The highest BCUT2D eigenvalue weighted by Crippen LogP contribution is 2.17. The zero-order chi connectivity index (χ0) is 16.1. The number of furan rings is 1. The van der Waals surface area contributed by atoms with Crippen LogP contribution in [0.3, 0.4) is 0 Å². The molecule has 0 fully saturated rings. The van der Waals surface area contributed by atoms with E-state index in [0.717, 1.165) is 17.1 Å². The summed E-state index contributed by atoms with van der Waals surface area (Å²) in [5, 5.41) is 6.39. The van der Waals surface area contributed by atoms with Gasteiger partial charge in [-0.15, -0.1) is 24.0 Å². The Morgan fingerprint density at radius 3 is 2.65 bits per heavy atom. The SMILES string of the molecule is CN=C(NCc1ccc(Br)c(F)c1)NC(C)c1ccc(C)o1.I. The summed E-state index contributed by atoms with van der Waals surface area (Å²) < 4.78 is 19.5. The lowest BCUT2D eigenvalue weighted by Gasteiger charge is -2.16. The van der Waals surface area contributed by atoms with Gasteiger partial charge in [-0.3, -0.25) is 4.99 Å². The van der Waals surface area contributed by atoms with Gasteiger partial charge in [0.25, 0.3) is 0 Å². The second-order valence-corrected chi connectivity index (χ2v) is 5.84. The molecule has 1 unspecified atom stereocenters. The first-order valence-electron chi connectivity index (χ1n) is 6.97. The molecular weight excluding hydrogens is 476 g/mol. The van der Waals surface area contributed by atoms with Gasteiger partial charge in [0, 0.05) is 13.6 Å². The minimum absolute atomic E-state index is 0. The summed E-state index contributed by atoms with van der Waals surface area (Å²) in [6, 6.07) is 8.88. The highest BCUT2D eigenvalue weighted by Gasteiger charge is 2.11. The van der Waals surface area contributed by atoms with Crippen molar-refractivity contribution in [2.24, 2.45) is 4.99 Å². The molecule has 1 atom stereocenters. The van der Waals surface area contributed by atoms with Crippen LogP contribution in [-0.4, -0.2) is 13.0 Å². The summed E-state index contributed by atoms with van der Waals surface area (Å²) in [5.74, 6) is 2.07. The monoisotopic (exact) mass is 495 g/mol. The summed E-state index contributed by atoms with van der Waals surface area (Å²) in [6.45, 7) is 4.38. The van der Waals surface area contributed by atoms with Crippen LogP contribution in [0, 0.1) is 12.7 Å². The Kier molecular flexibility index (Phi) is 8.04. The Bertz CT molecular complexity index is 675. The molecule has 2 rings (SSSR count). The predicted octanol–water partition coefficient (Wildman–Crippen LogP) is 4.53. The van der Waals surface area contributed by atoms with E-state index >= 15 is 0 Å². The van der Waals surface area contributed by atoms with Crippen LogP contribution in [0.5, 0.6) is 0 Å². The predicted molar refractivity (Wildman–Crippen MR) is 105 cm³/mol. The van der Waals surface area contributed by atoms with Crippen molar-refractivity contribution < 1.29 is 8.81 Å². The number of hydrogen-bond acceptors (Lipinski definition) is 2. The number of halogens is 3. The Balaban J connectivity index is 0.00000264. The van der Waals surface area contributed by atoms with Gasteiger partial charge in [0.1, 0.15) is 17.3 Å². The molecular formula is C16H20BrFIN3O. The van der Waals surface area contributed by atoms with E-state index < -0.39 is 0 Å². The Labute approximate surface area is 161 Å². The van der Waals surface area contributed by atoms with Crippen LogP contribution in [0.25, 0.3) is 0 Å². The number of aliphatic imine (C=N–C) groups is 1. The highest BCUT2D eigenvalue weighted by molar-refractivity contribution is 14.0. The smallest absolute Gasteiger partial charge is 0.191 e. The van der Waals surface area contributed by atoms with E-state index in [2.05, 4.69) is 31.6 Å². The topological polar surface area (TPSA) is 49.6 Å². The fourth-order valence-electron chi connectivity index (χ4n) is 1.99. The van der Waals surface area contributed by atoms with Crippen LogP contribution in [0.2, 0.25) is 0 Å². The van der Waals surface area contributed by atoms with Crippen LogP contribution in [-0.2, 0) is 6.54 Å². The molecule has 2 N–H and O–H groups in total. The van der Waals surface area contributed by atoms with Crippen LogP contribution < -0.4 is 10.6 Å². The van der Waals surface area contributed by atoms with Crippen molar-refractivity contribution in [2.75, 3.05) is 7.05 Å². The van der Waals surface area contributed by atoms with Gasteiger partial charge in [-0.1, -0.05) is 6.07 Å². The Morgan fingerprint density at radius 2 is 2.09 bits per heavy atom. The maximum Gasteiger partial charge on any atom is 0.191 e. The molecule has 0 amide bonds. The lowest BCUT2D eigenvalue weighted by molar-refractivity contribution is 0.441. The molecule has 4 nitrogen and oxygen atoms in total. The van der Waals surface area contributed by atoms with E-state index in [4.69, 9.17) is 4.42 Å². The molecule has 0 radical (unpaired) electrons. The van der Waals surface area contributed by atoms with E-state index in [1.165, 1.54) is 6.07 Å². The van der Waals surface area contributed by atoms with Gasteiger partial charge in [0.2, 0.25) is 0 Å². The molecule has 7 heteroatoms. The number of nitrogens with one attached hydrogen (secondary N) is 2. The van der Waals surface area contributed by atoms with Gasteiger partial charge in [-0.05, 0) is 59.6 Å². The lowest BCUT2D eigenvalue weighted by atomic mass is 10.2. The molecule has 1 aromatic carbocycles. The van der Waals surface area contributed by atoms with Crippen molar-refractivity contribution in [1.29, 1.82) is 0 Å².